The van der Waals surface area contributed by atoms with Crippen LogP contribution in [0.1, 0.15) is 92.1 Å². The largest absolute Gasteiger partial charge is 0.468 e. The van der Waals surface area contributed by atoms with Gasteiger partial charge in [0.15, 0.2) is 11.5 Å². The number of carbonyl (C=O) groups excluding carboxylic acids is 4. The molecule has 4 atom stereocenters. The van der Waals surface area contributed by atoms with E-state index in [2.05, 4.69) is 5.32 Å². The van der Waals surface area contributed by atoms with Crippen molar-refractivity contribution in [2.75, 3.05) is 13.7 Å². The highest BCUT2D eigenvalue weighted by Gasteiger charge is 2.23. The zero-order chi connectivity index (χ0) is 29.4. The molecule has 0 aliphatic heterocycles. The van der Waals surface area contributed by atoms with E-state index in [1.165, 1.54) is 7.11 Å². The van der Waals surface area contributed by atoms with Crippen molar-refractivity contribution in [2.24, 2.45) is 11.8 Å². The molecule has 1 aromatic carbocycles. The quantitative estimate of drug-likeness (QED) is 0.196. The summed E-state index contributed by atoms with van der Waals surface area (Å²) in [6.07, 6.45) is 3.91. The SMILES string of the molecule is CCCCC(=O)OC(C)CN[C@@H](Cc1ccc(OC(=O)CC(C)CC)c(OC(=O)CC(C)CC)c1)C(=O)OC. The summed E-state index contributed by atoms with van der Waals surface area (Å²) in [6.45, 7) is 11.9. The molecule has 3 unspecified atom stereocenters. The van der Waals surface area contributed by atoms with Crippen molar-refractivity contribution in [3.05, 3.63) is 23.8 Å². The minimum atomic E-state index is -0.741. The zero-order valence-corrected chi connectivity index (χ0v) is 24.7. The van der Waals surface area contributed by atoms with Gasteiger partial charge in [-0.25, -0.2) is 0 Å². The van der Waals surface area contributed by atoms with Gasteiger partial charge in [-0.2, -0.15) is 0 Å². The molecule has 0 amide bonds. The van der Waals surface area contributed by atoms with Crippen LogP contribution in [-0.4, -0.2) is 49.7 Å². The third-order valence-electron chi connectivity index (χ3n) is 6.52. The fraction of sp³-hybridized carbons (Fsp3) is 0.667. The van der Waals surface area contributed by atoms with E-state index < -0.39 is 30.1 Å². The highest BCUT2D eigenvalue weighted by atomic mass is 16.6. The van der Waals surface area contributed by atoms with Crippen LogP contribution in [0, 0.1) is 11.8 Å². The Morgan fingerprint density at radius 2 is 1.44 bits per heavy atom. The molecule has 0 aromatic heterocycles. The van der Waals surface area contributed by atoms with E-state index in [-0.39, 0.29) is 55.1 Å². The number of unbranched alkanes of at least 4 members (excludes halogenated alkanes) is 1. The Morgan fingerprint density at radius 1 is 0.846 bits per heavy atom. The molecule has 0 bridgehead atoms. The fourth-order valence-corrected chi connectivity index (χ4v) is 3.60. The Morgan fingerprint density at radius 3 is 1.97 bits per heavy atom. The van der Waals surface area contributed by atoms with Crippen LogP contribution in [-0.2, 0) is 35.1 Å². The second-order valence-corrected chi connectivity index (χ2v) is 10.3. The number of rotatable bonds is 18. The van der Waals surface area contributed by atoms with Gasteiger partial charge in [0.2, 0.25) is 0 Å². The molecule has 0 spiro atoms. The highest BCUT2D eigenvalue weighted by molar-refractivity contribution is 5.77. The maximum atomic E-state index is 12.6. The predicted molar refractivity (Wildman–Crippen MR) is 148 cm³/mol. The molecule has 220 valence electrons. The van der Waals surface area contributed by atoms with Crippen LogP contribution in [0.25, 0.3) is 0 Å². The Hall–Kier alpha value is -2.94. The van der Waals surface area contributed by atoms with Crippen molar-refractivity contribution in [3.8, 4) is 11.5 Å². The summed E-state index contributed by atoms with van der Waals surface area (Å²) < 4.78 is 21.5. The summed E-state index contributed by atoms with van der Waals surface area (Å²) in [4.78, 5) is 49.4. The van der Waals surface area contributed by atoms with Crippen molar-refractivity contribution in [1.82, 2.24) is 5.32 Å². The zero-order valence-electron chi connectivity index (χ0n) is 24.7. The molecule has 1 aromatic rings. The van der Waals surface area contributed by atoms with Crippen LogP contribution < -0.4 is 14.8 Å². The molecule has 1 N–H and O–H groups in total. The average Bonchev–Trinajstić information content (AvgIpc) is 2.90. The smallest absolute Gasteiger partial charge is 0.323 e. The fourth-order valence-electron chi connectivity index (χ4n) is 3.60. The molecule has 0 saturated carbocycles. The number of hydrogen-bond donors (Lipinski definition) is 1. The summed E-state index contributed by atoms with van der Waals surface area (Å²) in [6, 6.07) is 4.15. The first kappa shape index (κ1) is 34.1. The minimum Gasteiger partial charge on any atom is -0.468 e. The molecule has 0 fully saturated rings. The normalized spacial score (nSPS) is 14.0. The lowest BCUT2D eigenvalue weighted by molar-refractivity contribution is -0.148. The van der Waals surface area contributed by atoms with Crippen molar-refractivity contribution < 1.29 is 38.1 Å². The van der Waals surface area contributed by atoms with Gasteiger partial charge in [0, 0.05) is 25.8 Å². The number of nitrogens with one attached hydrogen (secondary N) is 1. The van der Waals surface area contributed by atoms with Crippen molar-refractivity contribution in [1.29, 1.82) is 0 Å². The molecule has 0 aliphatic rings. The monoisotopic (exact) mass is 549 g/mol. The van der Waals surface area contributed by atoms with Crippen molar-refractivity contribution in [3.63, 3.8) is 0 Å². The second kappa shape index (κ2) is 18.4. The molecule has 9 heteroatoms. The number of benzene rings is 1. The lowest BCUT2D eigenvalue weighted by Gasteiger charge is -2.20. The van der Waals surface area contributed by atoms with E-state index in [0.717, 1.165) is 25.7 Å². The van der Waals surface area contributed by atoms with E-state index >= 15 is 0 Å². The van der Waals surface area contributed by atoms with Gasteiger partial charge < -0.3 is 24.3 Å². The molecule has 39 heavy (non-hydrogen) atoms. The van der Waals surface area contributed by atoms with Crippen LogP contribution in [0.3, 0.4) is 0 Å². The lowest BCUT2D eigenvalue weighted by atomic mass is 10.0. The Kier molecular flexibility index (Phi) is 16.1. The average molecular weight is 550 g/mol. The van der Waals surface area contributed by atoms with E-state index in [9.17, 15) is 19.2 Å². The highest BCUT2D eigenvalue weighted by Crippen LogP contribution is 2.31. The molecule has 9 nitrogen and oxygen atoms in total. The molecule has 0 aliphatic carbocycles. The Balaban J connectivity index is 3.06. The van der Waals surface area contributed by atoms with E-state index in [0.29, 0.717) is 12.0 Å². The topological polar surface area (TPSA) is 117 Å². The molecule has 0 saturated heterocycles. The van der Waals surface area contributed by atoms with Crippen LogP contribution in [0.5, 0.6) is 11.5 Å². The molecular weight excluding hydrogens is 502 g/mol. The summed E-state index contributed by atoms with van der Waals surface area (Å²) in [5, 5.41) is 3.10. The standard InChI is InChI=1S/C30H47NO8/c1-8-11-12-27(32)37-22(6)19-31-24(30(35)36-7)17-23-13-14-25(38-28(33)15-20(4)9-2)26(18-23)39-29(34)16-21(5)10-3/h13-14,18,20-22,24,31H,8-12,15-17,19H2,1-7H3/t20?,21?,22?,24-/m0/s1. The third kappa shape index (κ3) is 13.6. The van der Waals surface area contributed by atoms with Gasteiger partial charge in [-0.3, -0.25) is 19.2 Å². The van der Waals surface area contributed by atoms with Crippen LogP contribution in [0.2, 0.25) is 0 Å². The predicted octanol–water partition coefficient (Wildman–Crippen LogP) is 5.17. The van der Waals surface area contributed by atoms with Crippen LogP contribution in [0.4, 0.5) is 0 Å². The summed E-state index contributed by atoms with van der Waals surface area (Å²) >= 11 is 0. The Bertz CT molecular complexity index is 932. The maximum absolute atomic E-state index is 12.6. The van der Waals surface area contributed by atoms with Crippen molar-refractivity contribution >= 4 is 23.9 Å². The molecule has 0 heterocycles. The minimum absolute atomic E-state index is 0.125. The maximum Gasteiger partial charge on any atom is 0.323 e. The van der Waals surface area contributed by atoms with Gasteiger partial charge in [0.05, 0.1) is 7.11 Å². The first-order chi connectivity index (χ1) is 18.5. The summed E-state index contributed by atoms with van der Waals surface area (Å²) in [5.74, 6) is -1.02. The molecule has 1 rings (SSSR count). The number of carbonyl (C=O) groups is 4. The van der Waals surface area contributed by atoms with Gasteiger partial charge >= 0.3 is 23.9 Å². The van der Waals surface area contributed by atoms with Gasteiger partial charge in [-0.1, -0.05) is 59.9 Å². The first-order valence-corrected chi connectivity index (χ1v) is 14.1. The molecule has 0 radical (unpaired) electrons. The summed E-state index contributed by atoms with van der Waals surface area (Å²) in [5.41, 5.74) is 0.665. The first-order valence-electron chi connectivity index (χ1n) is 14.1. The number of methoxy groups -OCH3 is 1. The number of hydrogen-bond acceptors (Lipinski definition) is 9. The molecular formula is C30H47NO8. The van der Waals surface area contributed by atoms with Gasteiger partial charge in [-0.15, -0.1) is 0 Å². The van der Waals surface area contributed by atoms with E-state index in [1.54, 1.807) is 25.1 Å². The summed E-state index contributed by atoms with van der Waals surface area (Å²) in [7, 11) is 1.30. The lowest BCUT2D eigenvalue weighted by Crippen LogP contribution is -2.43. The van der Waals surface area contributed by atoms with Gasteiger partial charge in [0.25, 0.3) is 0 Å². The number of esters is 4. The van der Waals surface area contributed by atoms with Gasteiger partial charge in [0.1, 0.15) is 12.1 Å². The van der Waals surface area contributed by atoms with E-state index in [1.807, 2.05) is 34.6 Å². The third-order valence-corrected chi connectivity index (χ3v) is 6.52. The van der Waals surface area contributed by atoms with Crippen molar-refractivity contribution in [2.45, 2.75) is 105 Å². The number of ether oxygens (including phenoxy) is 4. The second-order valence-electron chi connectivity index (χ2n) is 10.3. The Labute approximate surface area is 233 Å². The van der Waals surface area contributed by atoms with E-state index in [4.69, 9.17) is 18.9 Å². The van der Waals surface area contributed by atoms with Crippen LogP contribution in [0.15, 0.2) is 18.2 Å². The van der Waals surface area contributed by atoms with Crippen LogP contribution >= 0.6 is 0 Å². The van der Waals surface area contributed by atoms with Gasteiger partial charge in [-0.05, 0) is 49.3 Å².